The molecule has 0 fully saturated rings. The highest BCUT2D eigenvalue weighted by Crippen LogP contribution is 2.30. The van der Waals surface area contributed by atoms with E-state index in [1.54, 1.807) is 12.1 Å². The predicted octanol–water partition coefficient (Wildman–Crippen LogP) is 5.91. The molecule has 0 saturated heterocycles. The molecule has 0 atom stereocenters. The SMILES string of the molecule is CCCc1cc(C)[nH]c(=O)c1CNC(=O)c1cc(-c2ccc(F)cc2)cc2c1ccn2C(C)C. The van der Waals surface area contributed by atoms with E-state index < -0.39 is 0 Å². The summed E-state index contributed by atoms with van der Waals surface area (Å²) in [5.74, 6) is -0.558. The maximum Gasteiger partial charge on any atom is 0.253 e. The van der Waals surface area contributed by atoms with Gasteiger partial charge in [-0.2, -0.15) is 0 Å². The largest absolute Gasteiger partial charge is 0.348 e. The first kappa shape index (κ1) is 23.5. The van der Waals surface area contributed by atoms with E-state index in [-0.39, 0.29) is 29.9 Å². The van der Waals surface area contributed by atoms with Crippen molar-refractivity contribution < 1.29 is 9.18 Å². The smallest absolute Gasteiger partial charge is 0.253 e. The Balaban J connectivity index is 1.74. The number of H-pyrrole nitrogens is 1. The number of hydrogen-bond donors (Lipinski definition) is 2. The molecule has 2 heterocycles. The summed E-state index contributed by atoms with van der Waals surface area (Å²) in [6.07, 6.45) is 3.66. The number of pyridine rings is 1. The van der Waals surface area contributed by atoms with Crippen molar-refractivity contribution in [3.8, 4) is 11.1 Å². The summed E-state index contributed by atoms with van der Waals surface area (Å²) in [6.45, 7) is 8.25. The molecule has 4 rings (SSSR count). The van der Waals surface area contributed by atoms with Gasteiger partial charge in [-0.05, 0) is 80.3 Å². The molecule has 2 aromatic carbocycles. The van der Waals surface area contributed by atoms with E-state index in [4.69, 9.17) is 0 Å². The van der Waals surface area contributed by atoms with E-state index >= 15 is 0 Å². The van der Waals surface area contributed by atoms with Crippen LogP contribution >= 0.6 is 0 Å². The molecule has 0 unspecified atom stereocenters. The van der Waals surface area contributed by atoms with Gasteiger partial charge in [0.2, 0.25) is 0 Å². The minimum atomic E-state index is -0.306. The van der Waals surface area contributed by atoms with Gasteiger partial charge in [-0.25, -0.2) is 4.39 Å². The lowest BCUT2D eigenvalue weighted by molar-refractivity contribution is 0.0952. The van der Waals surface area contributed by atoms with Crippen molar-refractivity contribution in [2.24, 2.45) is 0 Å². The van der Waals surface area contributed by atoms with E-state index in [2.05, 4.69) is 35.6 Å². The molecule has 0 aliphatic carbocycles. The van der Waals surface area contributed by atoms with Gasteiger partial charge >= 0.3 is 0 Å². The second-order valence-corrected chi connectivity index (χ2v) is 9.00. The van der Waals surface area contributed by atoms with Gasteiger partial charge in [-0.1, -0.05) is 25.5 Å². The number of carbonyl (C=O) groups is 1. The summed E-state index contributed by atoms with van der Waals surface area (Å²) in [5.41, 5.74) is 5.31. The molecule has 6 heteroatoms. The lowest BCUT2D eigenvalue weighted by Crippen LogP contribution is -2.28. The Bertz CT molecular complexity index is 1400. The third kappa shape index (κ3) is 4.67. The lowest BCUT2D eigenvalue weighted by Gasteiger charge is -2.14. The molecule has 0 aliphatic rings. The molecule has 2 N–H and O–H groups in total. The van der Waals surface area contributed by atoms with Gasteiger partial charge in [0.15, 0.2) is 0 Å². The van der Waals surface area contributed by atoms with Crippen molar-refractivity contribution in [3.63, 3.8) is 0 Å². The minimum Gasteiger partial charge on any atom is -0.348 e. The van der Waals surface area contributed by atoms with Crippen molar-refractivity contribution in [1.82, 2.24) is 14.9 Å². The number of aromatic nitrogens is 2. The highest BCUT2D eigenvalue weighted by atomic mass is 19.1. The standard InChI is InChI=1S/C28H30FN3O2/c1-5-6-20-13-18(4)31-28(34)25(20)16-30-27(33)24-14-21(19-7-9-22(29)10-8-19)15-26-23(24)11-12-32(26)17(2)3/h7-15,17H,5-6,16H2,1-4H3,(H,30,33)(H,31,34). The van der Waals surface area contributed by atoms with Crippen LogP contribution < -0.4 is 10.9 Å². The zero-order valence-electron chi connectivity index (χ0n) is 20.0. The molecule has 0 saturated carbocycles. The third-order valence-electron chi connectivity index (χ3n) is 6.12. The summed E-state index contributed by atoms with van der Waals surface area (Å²) in [5, 5.41) is 3.80. The zero-order chi connectivity index (χ0) is 24.4. The van der Waals surface area contributed by atoms with Crippen molar-refractivity contribution in [2.45, 2.75) is 53.1 Å². The molecular weight excluding hydrogens is 429 g/mol. The van der Waals surface area contributed by atoms with E-state index in [0.717, 1.165) is 46.1 Å². The van der Waals surface area contributed by atoms with Crippen LogP contribution in [0.2, 0.25) is 0 Å². The van der Waals surface area contributed by atoms with Crippen LogP contribution in [0.4, 0.5) is 4.39 Å². The minimum absolute atomic E-state index is 0.150. The second-order valence-electron chi connectivity index (χ2n) is 9.00. The molecule has 4 aromatic rings. The van der Waals surface area contributed by atoms with Crippen molar-refractivity contribution in [3.05, 3.63) is 93.3 Å². The number of nitrogens with one attached hydrogen (secondary N) is 2. The summed E-state index contributed by atoms with van der Waals surface area (Å²) in [6, 6.07) is 14.3. The summed E-state index contributed by atoms with van der Waals surface area (Å²) in [4.78, 5) is 28.8. The van der Waals surface area contributed by atoms with Crippen LogP contribution in [0.3, 0.4) is 0 Å². The molecule has 0 spiro atoms. The highest BCUT2D eigenvalue weighted by molar-refractivity contribution is 6.08. The Hall–Kier alpha value is -3.67. The van der Waals surface area contributed by atoms with Crippen LogP contribution in [0.5, 0.6) is 0 Å². The summed E-state index contributed by atoms with van der Waals surface area (Å²) < 4.78 is 15.6. The zero-order valence-corrected chi connectivity index (χ0v) is 20.0. The maximum atomic E-state index is 13.5. The van der Waals surface area contributed by atoms with E-state index in [1.807, 2.05) is 37.4 Å². The van der Waals surface area contributed by atoms with E-state index in [9.17, 15) is 14.0 Å². The predicted molar refractivity (Wildman–Crippen MR) is 135 cm³/mol. The molecule has 0 radical (unpaired) electrons. The number of amides is 1. The normalized spacial score (nSPS) is 11.4. The number of rotatable bonds is 7. The van der Waals surface area contributed by atoms with Gasteiger partial charge in [0.05, 0.1) is 0 Å². The Morgan fingerprint density at radius 3 is 2.50 bits per heavy atom. The van der Waals surface area contributed by atoms with Gasteiger partial charge in [0.1, 0.15) is 5.82 Å². The van der Waals surface area contributed by atoms with Crippen molar-refractivity contribution >= 4 is 16.8 Å². The summed E-state index contributed by atoms with van der Waals surface area (Å²) in [7, 11) is 0. The van der Waals surface area contributed by atoms with Crippen LogP contribution in [-0.4, -0.2) is 15.5 Å². The van der Waals surface area contributed by atoms with Crippen LogP contribution in [0.1, 0.15) is 60.4 Å². The number of hydrogen-bond acceptors (Lipinski definition) is 2. The monoisotopic (exact) mass is 459 g/mol. The first-order valence-electron chi connectivity index (χ1n) is 11.7. The lowest BCUT2D eigenvalue weighted by atomic mass is 9.99. The quantitative estimate of drug-likeness (QED) is 0.361. The average molecular weight is 460 g/mol. The van der Waals surface area contributed by atoms with Crippen LogP contribution in [0, 0.1) is 12.7 Å². The number of aromatic amines is 1. The van der Waals surface area contributed by atoms with Gasteiger partial charge in [-0.3, -0.25) is 9.59 Å². The first-order valence-corrected chi connectivity index (χ1v) is 11.7. The molecular formula is C28H30FN3O2. The Labute approximate surface area is 198 Å². The fourth-order valence-corrected chi connectivity index (χ4v) is 4.44. The van der Waals surface area contributed by atoms with Crippen LogP contribution in [0.25, 0.3) is 22.0 Å². The Kier molecular flexibility index (Phi) is 6.68. The number of nitrogens with zero attached hydrogens (tertiary/aromatic N) is 1. The van der Waals surface area contributed by atoms with Crippen molar-refractivity contribution in [2.75, 3.05) is 0 Å². The number of fused-ring (bicyclic) bond motifs is 1. The highest BCUT2D eigenvalue weighted by Gasteiger charge is 2.17. The molecule has 34 heavy (non-hydrogen) atoms. The van der Waals surface area contributed by atoms with E-state index in [0.29, 0.717) is 11.1 Å². The number of halogens is 1. The number of benzene rings is 2. The third-order valence-corrected chi connectivity index (χ3v) is 6.12. The Morgan fingerprint density at radius 2 is 1.82 bits per heavy atom. The van der Waals surface area contributed by atoms with Gasteiger partial charge in [-0.15, -0.1) is 0 Å². The Morgan fingerprint density at radius 1 is 1.09 bits per heavy atom. The molecule has 2 aromatic heterocycles. The second kappa shape index (κ2) is 9.67. The van der Waals surface area contributed by atoms with Gasteiger partial charge in [0.25, 0.3) is 11.5 Å². The first-order chi connectivity index (χ1) is 16.3. The fraction of sp³-hybridized carbons (Fsp3) is 0.286. The van der Waals surface area contributed by atoms with Crippen LogP contribution in [-0.2, 0) is 13.0 Å². The molecule has 0 bridgehead atoms. The van der Waals surface area contributed by atoms with Crippen molar-refractivity contribution in [1.29, 1.82) is 0 Å². The topological polar surface area (TPSA) is 66.9 Å². The molecule has 1 amide bonds. The maximum absolute atomic E-state index is 13.5. The molecule has 5 nitrogen and oxygen atoms in total. The van der Waals surface area contributed by atoms with E-state index in [1.165, 1.54) is 12.1 Å². The molecule has 0 aliphatic heterocycles. The average Bonchev–Trinajstić information content (AvgIpc) is 3.22. The number of carbonyl (C=O) groups excluding carboxylic acids is 1. The molecule has 176 valence electrons. The number of aryl methyl sites for hydroxylation is 2. The fourth-order valence-electron chi connectivity index (χ4n) is 4.44. The van der Waals surface area contributed by atoms with Gasteiger partial charge in [0, 0.05) is 46.5 Å². The van der Waals surface area contributed by atoms with Crippen LogP contribution in [0.15, 0.2) is 59.5 Å². The van der Waals surface area contributed by atoms with Gasteiger partial charge < -0.3 is 14.9 Å². The summed E-state index contributed by atoms with van der Waals surface area (Å²) >= 11 is 0.